The van der Waals surface area contributed by atoms with Gasteiger partial charge in [-0.15, -0.1) is 0 Å². The molecule has 4 heteroatoms. The topological polar surface area (TPSA) is 38.9 Å². The van der Waals surface area contributed by atoms with Crippen LogP contribution in [0, 0.1) is 12.7 Å². The Labute approximate surface area is 117 Å². The third-order valence-corrected chi connectivity index (χ3v) is 3.20. The van der Waals surface area contributed by atoms with Crippen LogP contribution in [0.4, 0.5) is 4.39 Å². The first-order chi connectivity index (χ1) is 8.77. The van der Waals surface area contributed by atoms with Gasteiger partial charge in [0.2, 0.25) is 0 Å². The van der Waals surface area contributed by atoms with Crippen LogP contribution in [0.2, 0.25) is 5.02 Å². The molecule has 1 aromatic carbocycles. The summed E-state index contributed by atoms with van der Waals surface area (Å²) in [6, 6.07) is 8.45. The molecule has 0 fully saturated rings. The lowest BCUT2D eigenvalue weighted by molar-refractivity contribution is 0.553. The second-order valence-electron chi connectivity index (χ2n) is 5.23. The fourth-order valence-corrected chi connectivity index (χ4v) is 2.02. The molecule has 0 unspecified atom stereocenters. The van der Waals surface area contributed by atoms with Gasteiger partial charge in [-0.1, -0.05) is 11.6 Å². The van der Waals surface area contributed by atoms with E-state index in [1.54, 1.807) is 12.1 Å². The molecule has 0 amide bonds. The predicted octanol–water partition coefficient (Wildman–Crippen LogP) is 4.04. The molecule has 19 heavy (non-hydrogen) atoms. The zero-order chi connectivity index (χ0) is 14.2. The molecule has 100 valence electrons. The lowest BCUT2D eigenvalue weighted by Gasteiger charge is -2.20. The number of pyridine rings is 1. The summed E-state index contributed by atoms with van der Waals surface area (Å²) in [6.45, 7) is 5.77. The van der Waals surface area contributed by atoms with Crippen LogP contribution in [0.15, 0.2) is 30.3 Å². The summed E-state index contributed by atoms with van der Waals surface area (Å²) in [5, 5.41) is 0.0920. The number of hydrogen-bond acceptors (Lipinski definition) is 2. The highest BCUT2D eigenvalue weighted by Crippen LogP contribution is 2.27. The lowest BCUT2D eigenvalue weighted by Crippen LogP contribution is -2.28. The van der Waals surface area contributed by atoms with Gasteiger partial charge in [-0.2, -0.15) is 0 Å². The molecule has 1 heterocycles. The largest absolute Gasteiger partial charge is 0.322 e. The van der Waals surface area contributed by atoms with E-state index in [4.69, 9.17) is 17.3 Å². The SMILES string of the molecule is Cc1cc(C(C)(C)N)cc(-c2ccc(F)c(Cl)c2)n1. The van der Waals surface area contributed by atoms with Crippen molar-refractivity contribution in [1.29, 1.82) is 0 Å². The molecule has 0 bridgehead atoms. The number of nitrogens with two attached hydrogens (primary N) is 1. The summed E-state index contributed by atoms with van der Waals surface area (Å²) < 4.78 is 13.2. The van der Waals surface area contributed by atoms with Crippen molar-refractivity contribution in [1.82, 2.24) is 4.98 Å². The maximum Gasteiger partial charge on any atom is 0.141 e. The maximum absolute atomic E-state index is 13.2. The van der Waals surface area contributed by atoms with E-state index in [2.05, 4.69) is 4.98 Å². The van der Waals surface area contributed by atoms with Crippen LogP contribution in [0.1, 0.15) is 25.1 Å². The van der Waals surface area contributed by atoms with Gasteiger partial charge in [0.15, 0.2) is 0 Å². The molecular weight excluding hydrogens is 263 g/mol. The standard InChI is InChI=1S/C15H16ClFN2/c1-9-6-11(15(2,3)18)8-14(19-9)10-4-5-13(17)12(16)7-10/h4-8H,18H2,1-3H3. The minimum atomic E-state index is -0.452. The van der Waals surface area contributed by atoms with Gasteiger partial charge < -0.3 is 5.73 Å². The van der Waals surface area contributed by atoms with Crippen LogP contribution in [0.5, 0.6) is 0 Å². The van der Waals surface area contributed by atoms with E-state index in [-0.39, 0.29) is 5.02 Å². The van der Waals surface area contributed by atoms with Crippen molar-refractivity contribution in [3.05, 3.63) is 52.4 Å². The first kappa shape index (κ1) is 14.0. The first-order valence-corrected chi connectivity index (χ1v) is 6.38. The normalized spacial score (nSPS) is 11.7. The fourth-order valence-electron chi connectivity index (χ4n) is 1.84. The van der Waals surface area contributed by atoms with E-state index in [1.807, 2.05) is 32.9 Å². The van der Waals surface area contributed by atoms with Crippen LogP contribution in [0.25, 0.3) is 11.3 Å². The second kappa shape index (κ2) is 4.91. The number of aromatic nitrogens is 1. The summed E-state index contributed by atoms with van der Waals surface area (Å²) in [7, 11) is 0. The van der Waals surface area contributed by atoms with E-state index < -0.39 is 11.4 Å². The van der Waals surface area contributed by atoms with Gasteiger partial charge in [-0.25, -0.2) is 4.39 Å². The van der Waals surface area contributed by atoms with Gasteiger partial charge in [0, 0.05) is 16.8 Å². The van der Waals surface area contributed by atoms with Gasteiger partial charge in [-0.3, -0.25) is 4.98 Å². The van der Waals surface area contributed by atoms with Crippen molar-refractivity contribution in [3.63, 3.8) is 0 Å². The summed E-state index contributed by atoms with van der Waals surface area (Å²) in [6.07, 6.45) is 0. The van der Waals surface area contributed by atoms with Gasteiger partial charge in [0.25, 0.3) is 0 Å². The zero-order valence-electron chi connectivity index (χ0n) is 11.2. The number of aryl methyl sites for hydroxylation is 1. The first-order valence-electron chi connectivity index (χ1n) is 6.01. The molecule has 2 nitrogen and oxygen atoms in total. The Morgan fingerprint density at radius 3 is 2.47 bits per heavy atom. The second-order valence-corrected chi connectivity index (χ2v) is 5.64. The summed E-state index contributed by atoms with van der Waals surface area (Å²) in [5.74, 6) is -0.433. The molecule has 0 aliphatic heterocycles. The summed E-state index contributed by atoms with van der Waals surface area (Å²) in [5.41, 5.74) is 9.03. The highest BCUT2D eigenvalue weighted by molar-refractivity contribution is 6.31. The monoisotopic (exact) mass is 278 g/mol. The van der Waals surface area contributed by atoms with Crippen molar-refractivity contribution < 1.29 is 4.39 Å². The van der Waals surface area contributed by atoms with E-state index in [9.17, 15) is 4.39 Å². The Morgan fingerprint density at radius 2 is 1.89 bits per heavy atom. The Hall–Kier alpha value is -1.45. The Kier molecular flexibility index (Phi) is 3.61. The Morgan fingerprint density at radius 1 is 1.21 bits per heavy atom. The van der Waals surface area contributed by atoms with Crippen LogP contribution in [-0.4, -0.2) is 4.98 Å². The van der Waals surface area contributed by atoms with Crippen molar-refractivity contribution >= 4 is 11.6 Å². The molecule has 2 rings (SSSR count). The molecule has 0 saturated heterocycles. The van der Waals surface area contributed by atoms with Gasteiger partial charge in [0.05, 0.1) is 10.7 Å². The molecular formula is C15H16ClFN2. The minimum absolute atomic E-state index is 0.0920. The number of nitrogens with zero attached hydrogens (tertiary/aromatic N) is 1. The van der Waals surface area contributed by atoms with E-state index >= 15 is 0 Å². The molecule has 0 aliphatic carbocycles. The molecule has 2 aromatic rings. The summed E-state index contributed by atoms with van der Waals surface area (Å²) >= 11 is 5.81. The van der Waals surface area contributed by atoms with Crippen LogP contribution >= 0.6 is 11.6 Å². The zero-order valence-corrected chi connectivity index (χ0v) is 11.9. The molecule has 0 saturated carbocycles. The summed E-state index contributed by atoms with van der Waals surface area (Å²) in [4.78, 5) is 4.45. The molecule has 0 atom stereocenters. The third-order valence-electron chi connectivity index (χ3n) is 2.91. The van der Waals surface area contributed by atoms with Gasteiger partial charge in [0.1, 0.15) is 5.82 Å². The van der Waals surface area contributed by atoms with E-state index in [1.165, 1.54) is 6.07 Å². The number of rotatable bonds is 2. The van der Waals surface area contributed by atoms with Crippen LogP contribution < -0.4 is 5.73 Å². The van der Waals surface area contributed by atoms with E-state index in [0.29, 0.717) is 0 Å². The number of benzene rings is 1. The van der Waals surface area contributed by atoms with Crippen molar-refractivity contribution in [3.8, 4) is 11.3 Å². The van der Waals surface area contributed by atoms with E-state index in [0.717, 1.165) is 22.5 Å². The average Bonchev–Trinajstić information content (AvgIpc) is 2.31. The van der Waals surface area contributed by atoms with Crippen molar-refractivity contribution in [2.24, 2.45) is 5.73 Å². The quantitative estimate of drug-likeness (QED) is 0.900. The van der Waals surface area contributed by atoms with Gasteiger partial charge >= 0.3 is 0 Å². The third kappa shape index (κ3) is 3.11. The molecule has 2 N–H and O–H groups in total. The number of halogens is 2. The maximum atomic E-state index is 13.2. The Balaban J connectivity index is 2.56. The van der Waals surface area contributed by atoms with Crippen molar-refractivity contribution in [2.45, 2.75) is 26.3 Å². The smallest absolute Gasteiger partial charge is 0.141 e. The van der Waals surface area contributed by atoms with Crippen molar-refractivity contribution in [2.75, 3.05) is 0 Å². The highest BCUT2D eigenvalue weighted by atomic mass is 35.5. The molecule has 0 spiro atoms. The average molecular weight is 279 g/mol. The van der Waals surface area contributed by atoms with Crippen LogP contribution in [0.3, 0.4) is 0 Å². The minimum Gasteiger partial charge on any atom is -0.322 e. The van der Waals surface area contributed by atoms with Gasteiger partial charge in [-0.05, 0) is 56.7 Å². The highest BCUT2D eigenvalue weighted by Gasteiger charge is 2.16. The fraction of sp³-hybridized carbons (Fsp3) is 0.267. The Bertz CT molecular complexity index is 618. The molecule has 0 radical (unpaired) electrons. The van der Waals surface area contributed by atoms with Crippen LogP contribution in [-0.2, 0) is 5.54 Å². The number of hydrogen-bond donors (Lipinski definition) is 1. The molecule has 1 aromatic heterocycles. The predicted molar refractivity (Wildman–Crippen MR) is 76.6 cm³/mol. The molecule has 0 aliphatic rings. The lowest BCUT2D eigenvalue weighted by atomic mass is 9.94.